The number of ether oxygens (including phenoxy) is 2. The first-order valence-corrected chi connectivity index (χ1v) is 15.0. The van der Waals surface area contributed by atoms with Crippen molar-refractivity contribution in [2.75, 3.05) is 6.61 Å². The number of carbonyl (C=O) groups is 3. The van der Waals surface area contributed by atoms with Crippen molar-refractivity contribution < 1.29 is 41.4 Å². The van der Waals surface area contributed by atoms with Crippen LogP contribution in [-0.2, 0) is 31.0 Å². The Morgan fingerprint density at radius 2 is 1.55 bits per heavy atom. The first-order valence-electron chi connectivity index (χ1n) is 15.0. The van der Waals surface area contributed by atoms with E-state index in [4.69, 9.17) is 9.47 Å². The molecule has 0 aliphatic carbocycles. The number of hydrogen-bond acceptors (Lipinski definition) is 7. The fourth-order valence-electron chi connectivity index (χ4n) is 4.84. The Morgan fingerprint density at radius 3 is 2.13 bits per heavy atom. The fourth-order valence-corrected chi connectivity index (χ4v) is 4.84. The molecule has 1 N–H and O–H groups in total. The first-order chi connectivity index (χ1) is 21.8. The molecule has 1 aromatic heterocycles. The summed E-state index contributed by atoms with van der Waals surface area (Å²) < 4.78 is 66.6. The summed E-state index contributed by atoms with van der Waals surface area (Å²) in [5.41, 5.74) is 0.814. The van der Waals surface area contributed by atoms with E-state index in [1.165, 1.54) is 6.07 Å². The molecule has 0 radical (unpaired) electrons. The van der Waals surface area contributed by atoms with Crippen molar-refractivity contribution in [2.45, 2.75) is 90.8 Å². The van der Waals surface area contributed by atoms with Gasteiger partial charge in [-0.3, -0.25) is 19.2 Å². The van der Waals surface area contributed by atoms with Gasteiger partial charge in [-0.1, -0.05) is 52.0 Å². The average Bonchev–Trinajstić information content (AvgIpc) is 2.96. The molecule has 0 aliphatic rings. The maximum Gasteiger partial charge on any atom is 0.308 e. The summed E-state index contributed by atoms with van der Waals surface area (Å²) in [4.78, 5) is 52.3. The highest BCUT2D eigenvalue weighted by atomic mass is 19.2. The molecule has 3 rings (SSSR count). The fraction of sp³-hybridized carbons (Fsp3) is 0.441. The van der Waals surface area contributed by atoms with Gasteiger partial charge in [0, 0.05) is 18.6 Å². The number of nitrogens with one attached hydrogen (secondary N) is 1. The molecular formula is C34H39F4N3O6. The minimum atomic E-state index is -1.87. The van der Waals surface area contributed by atoms with Crippen LogP contribution in [-0.4, -0.2) is 45.7 Å². The van der Waals surface area contributed by atoms with Crippen LogP contribution in [0.5, 0.6) is 5.75 Å². The maximum absolute atomic E-state index is 14.1. The standard InChI is InChI=1S/C34H39F4N3O6/c1-8-25(41-27(43)14-13-20(40-41)15-19-11-9-10-12-21(19)33(2,3)4)32(45)39-24(17-28(44)47-34(5,6)7)26(42)18-46-31-29(37)22(35)16-23(36)30(31)38/h9-14,16,24-25H,8,15,17-18H2,1-7H3,(H,39,45). The van der Waals surface area contributed by atoms with Gasteiger partial charge in [-0.05, 0) is 49.8 Å². The molecule has 254 valence electrons. The molecule has 2 atom stereocenters. The molecule has 47 heavy (non-hydrogen) atoms. The summed E-state index contributed by atoms with van der Waals surface area (Å²) in [6, 6.07) is 7.68. The van der Waals surface area contributed by atoms with E-state index in [9.17, 15) is 36.7 Å². The third-order valence-corrected chi connectivity index (χ3v) is 6.99. The third-order valence-electron chi connectivity index (χ3n) is 6.99. The number of rotatable bonds is 12. The van der Waals surface area contributed by atoms with Gasteiger partial charge in [-0.25, -0.2) is 13.5 Å². The predicted octanol–water partition coefficient (Wildman–Crippen LogP) is 5.50. The van der Waals surface area contributed by atoms with Gasteiger partial charge in [0.1, 0.15) is 24.3 Å². The van der Waals surface area contributed by atoms with Crippen molar-refractivity contribution >= 4 is 17.7 Å². The third kappa shape index (κ3) is 9.72. The molecule has 0 aliphatic heterocycles. The number of ketones is 1. The molecule has 0 fully saturated rings. The summed E-state index contributed by atoms with van der Waals surface area (Å²) in [5.74, 6) is -11.6. The van der Waals surface area contributed by atoms with Crippen molar-refractivity contribution in [3.05, 3.63) is 92.9 Å². The Labute approximate surface area is 270 Å². The van der Waals surface area contributed by atoms with E-state index in [-0.39, 0.29) is 17.9 Å². The molecule has 0 saturated heterocycles. The lowest BCUT2D eigenvalue weighted by atomic mass is 9.82. The van der Waals surface area contributed by atoms with Crippen LogP contribution in [0, 0.1) is 23.3 Å². The quantitative estimate of drug-likeness (QED) is 0.155. The zero-order chi connectivity index (χ0) is 35.3. The minimum Gasteiger partial charge on any atom is -0.479 e. The van der Waals surface area contributed by atoms with Crippen LogP contribution in [0.15, 0.2) is 47.3 Å². The zero-order valence-electron chi connectivity index (χ0n) is 27.4. The SMILES string of the molecule is CCC(C(=O)NC(CC(=O)OC(C)(C)C)C(=O)COc1c(F)c(F)cc(F)c1F)n1nc(Cc2ccccc2C(C)(C)C)ccc1=O. The number of amides is 1. The molecule has 0 saturated carbocycles. The highest BCUT2D eigenvalue weighted by molar-refractivity contribution is 5.94. The van der Waals surface area contributed by atoms with Gasteiger partial charge in [0.25, 0.3) is 5.56 Å². The molecule has 2 aromatic carbocycles. The topological polar surface area (TPSA) is 117 Å². The second kappa shape index (κ2) is 14.9. The Morgan fingerprint density at radius 1 is 0.936 bits per heavy atom. The van der Waals surface area contributed by atoms with Gasteiger partial charge in [0.15, 0.2) is 23.2 Å². The average molecular weight is 662 g/mol. The van der Waals surface area contributed by atoms with E-state index in [2.05, 4.69) is 31.2 Å². The molecule has 9 nitrogen and oxygen atoms in total. The van der Waals surface area contributed by atoms with E-state index in [0.29, 0.717) is 12.1 Å². The minimum absolute atomic E-state index is 0.0237. The Balaban J connectivity index is 1.89. The number of aromatic nitrogens is 2. The number of benzene rings is 2. The molecule has 0 bridgehead atoms. The summed E-state index contributed by atoms with van der Waals surface area (Å²) in [6.45, 7) is 11.4. The molecule has 1 amide bonds. The molecule has 2 unspecified atom stereocenters. The van der Waals surface area contributed by atoms with Gasteiger partial charge in [-0.2, -0.15) is 13.9 Å². The van der Waals surface area contributed by atoms with Gasteiger partial charge >= 0.3 is 5.97 Å². The van der Waals surface area contributed by atoms with Crippen molar-refractivity contribution in [1.82, 2.24) is 15.1 Å². The van der Waals surface area contributed by atoms with Crippen LogP contribution in [0.1, 0.15) is 84.2 Å². The second-order valence-corrected chi connectivity index (χ2v) is 13.0. The molecule has 1 heterocycles. The van der Waals surface area contributed by atoms with Gasteiger partial charge in [-0.15, -0.1) is 0 Å². The van der Waals surface area contributed by atoms with Gasteiger partial charge < -0.3 is 14.8 Å². The van der Waals surface area contributed by atoms with Crippen molar-refractivity contribution in [3.63, 3.8) is 0 Å². The lowest BCUT2D eigenvalue weighted by Gasteiger charge is -2.25. The number of hydrogen-bond donors (Lipinski definition) is 1. The first kappa shape index (κ1) is 36.9. The van der Waals surface area contributed by atoms with E-state index in [1.54, 1.807) is 33.8 Å². The van der Waals surface area contributed by atoms with Crippen LogP contribution in [0.2, 0.25) is 0 Å². The lowest BCUT2D eigenvalue weighted by molar-refractivity contribution is -0.156. The van der Waals surface area contributed by atoms with E-state index >= 15 is 0 Å². The summed E-state index contributed by atoms with van der Waals surface area (Å²) in [6.07, 6.45) is -0.323. The zero-order valence-corrected chi connectivity index (χ0v) is 27.4. The van der Waals surface area contributed by atoms with E-state index in [1.807, 2.05) is 24.3 Å². The monoisotopic (exact) mass is 661 g/mol. The summed E-state index contributed by atoms with van der Waals surface area (Å²) in [7, 11) is 0. The van der Waals surface area contributed by atoms with Crippen LogP contribution in [0.3, 0.4) is 0 Å². The Kier molecular flexibility index (Phi) is 11.7. The van der Waals surface area contributed by atoms with E-state index in [0.717, 1.165) is 15.8 Å². The highest BCUT2D eigenvalue weighted by Gasteiger charge is 2.32. The number of Topliss-reactive ketones (excluding diaryl/α,β-unsaturated/α-hetero) is 1. The molecule has 0 spiro atoms. The number of nitrogens with zero attached hydrogens (tertiary/aromatic N) is 2. The summed E-state index contributed by atoms with van der Waals surface area (Å²) >= 11 is 0. The normalized spacial score (nSPS) is 13.1. The van der Waals surface area contributed by atoms with Crippen molar-refractivity contribution in [3.8, 4) is 5.75 Å². The molecular weight excluding hydrogens is 622 g/mol. The number of halogens is 4. The molecule has 13 heteroatoms. The van der Waals surface area contributed by atoms with Crippen LogP contribution in [0.4, 0.5) is 17.6 Å². The maximum atomic E-state index is 14.1. The highest BCUT2D eigenvalue weighted by Crippen LogP contribution is 2.28. The van der Waals surface area contributed by atoms with Crippen LogP contribution >= 0.6 is 0 Å². The predicted molar refractivity (Wildman–Crippen MR) is 165 cm³/mol. The summed E-state index contributed by atoms with van der Waals surface area (Å²) in [5, 5.41) is 6.84. The number of esters is 1. The van der Waals surface area contributed by atoms with Crippen molar-refractivity contribution in [1.29, 1.82) is 0 Å². The largest absolute Gasteiger partial charge is 0.479 e. The Bertz CT molecular complexity index is 1670. The van der Waals surface area contributed by atoms with E-state index < -0.39 is 82.9 Å². The number of carbonyl (C=O) groups excluding carboxylic acids is 3. The van der Waals surface area contributed by atoms with Gasteiger partial charge in [0.05, 0.1) is 12.1 Å². The molecule has 3 aromatic rings. The smallest absolute Gasteiger partial charge is 0.308 e. The van der Waals surface area contributed by atoms with Crippen LogP contribution < -0.4 is 15.6 Å². The second-order valence-electron chi connectivity index (χ2n) is 13.0. The van der Waals surface area contributed by atoms with Gasteiger partial charge in [0.2, 0.25) is 17.5 Å². The Hall–Kier alpha value is -4.55. The van der Waals surface area contributed by atoms with Crippen LogP contribution in [0.25, 0.3) is 0 Å². The van der Waals surface area contributed by atoms with Crippen molar-refractivity contribution in [2.24, 2.45) is 0 Å². The lowest BCUT2D eigenvalue weighted by Crippen LogP contribution is -2.48.